The van der Waals surface area contributed by atoms with Gasteiger partial charge in [0.05, 0.1) is 17.0 Å². The van der Waals surface area contributed by atoms with Gasteiger partial charge in [0.15, 0.2) is 0 Å². The number of furan rings is 1. The summed E-state index contributed by atoms with van der Waals surface area (Å²) in [7, 11) is 0. The highest BCUT2D eigenvalue weighted by Crippen LogP contribution is 2.21. The first kappa shape index (κ1) is 25.7. The number of halogens is 1. The molecule has 0 saturated heterocycles. The Morgan fingerprint density at radius 3 is 2.38 bits per heavy atom. The lowest BCUT2D eigenvalue weighted by molar-refractivity contribution is -0.114. The van der Waals surface area contributed by atoms with Gasteiger partial charge in [-0.05, 0) is 60.7 Å². The van der Waals surface area contributed by atoms with Crippen molar-refractivity contribution < 1.29 is 18.8 Å². The molecule has 0 atom stereocenters. The third-order valence-corrected chi connectivity index (χ3v) is 6.07. The predicted molar refractivity (Wildman–Crippen MR) is 144 cm³/mol. The van der Waals surface area contributed by atoms with Gasteiger partial charge in [0, 0.05) is 28.4 Å². The van der Waals surface area contributed by atoms with Crippen molar-refractivity contribution in [2.75, 3.05) is 16.4 Å². The summed E-state index contributed by atoms with van der Waals surface area (Å²) < 4.78 is 5.30. The molecule has 0 radical (unpaired) electrons. The van der Waals surface area contributed by atoms with Gasteiger partial charge in [0.2, 0.25) is 5.91 Å². The molecule has 0 saturated carbocycles. The average molecular weight is 533 g/mol. The molecule has 0 spiro atoms. The van der Waals surface area contributed by atoms with E-state index >= 15 is 0 Å². The Kier molecular flexibility index (Phi) is 8.75. The third-order valence-electron chi connectivity index (χ3n) is 4.84. The lowest BCUT2D eigenvalue weighted by Gasteiger charge is -2.11. The van der Waals surface area contributed by atoms with Crippen LogP contribution in [0.15, 0.2) is 106 Å². The molecule has 0 aliphatic heterocycles. The molecule has 0 unspecified atom stereocenters. The van der Waals surface area contributed by atoms with Crippen LogP contribution in [-0.2, 0) is 9.59 Å². The van der Waals surface area contributed by atoms with E-state index in [9.17, 15) is 14.4 Å². The maximum absolute atomic E-state index is 13.0. The minimum absolute atomic E-state index is 0.0229. The highest BCUT2D eigenvalue weighted by molar-refractivity contribution is 8.00. The lowest BCUT2D eigenvalue weighted by Crippen LogP contribution is -2.30. The topological polar surface area (TPSA) is 113 Å². The van der Waals surface area contributed by atoms with Crippen molar-refractivity contribution in [3.8, 4) is 0 Å². The van der Waals surface area contributed by atoms with E-state index < -0.39 is 11.8 Å². The Morgan fingerprint density at radius 1 is 0.919 bits per heavy atom. The van der Waals surface area contributed by atoms with Crippen LogP contribution >= 0.6 is 23.4 Å². The van der Waals surface area contributed by atoms with E-state index in [1.165, 1.54) is 30.3 Å². The van der Waals surface area contributed by atoms with E-state index in [1.54, 1.807) is 78.9 Å². The summed E-state index contributed by atoms with van der Waals surface area (Å²) in [5.74, 6) is -0.136. The number of hydrogen-bond donors (Lipinski definition) is 3. The normalized spacial score (nSPS) is 11.0. The summed E-state index contributed by atoms with van der Waals surface area (Å²) in [6.07, 6.45) is 4.39. The number of anilines is 2. The van der Waals surface area contributed by atoms with Gasteiger partial charge in [-0.15, -0.1) is 11.8 Å². The van der Waals surface area contributed by atoms with Crippen LogP contribution in [0.5, 0.6) is 0 Å². The van der Waals surface area contributed by atoms with Gasteiger partial charge < -0.3 is 20.4 Å². The zero-order chi connectivity index (χ0) is 26.0. The van der Waals surface area contributed by atoms with Gasteiger partial charge in [-0.2, -0.15) is 0 Å². The zero-order valence-corrected chi connectivity index (χ0v) is 20.9. The van der Waals surface area contributed by atoms with Crippen LogP contribution in [0.4, 0.5) is 11.5 Å². The van der Waals surface area contributed by atoms with Crippen molar-refractivity contribution in [3.05, 3.63) is 113 Å². The number of thioether (sulfide) groups is 1. The van der Waals surface area contributed by atoms with Gasteiger partial charge in [-0.25, -0.2) is 4.98 Å². The highest BCUT2D eigenvalue weighted by atomic mass is 35.5. The predicted octanol–water partition coefficient (Wildman–Crippen LogP) is 5.47. The largest absolute Gasteiger partial charge is 0.465 e. The first-order valence-corrected chi connectivity index (χ1v) is 12.4. The van der Waals surface area contributed by atoms with Crippen molar-refractivity contribution in [1.82, 2.24) is 10.3 Å². The second kappa shape index (κ2) is 12.6. The van der Waals surface area contributed by atoms with E-state index in [2.05, 4.69) is 20.9 Å². The van der Waals surface area contributed by atoms with E-state index in [0.717, 1.165) is 4.90 Å². The number of amides is 3. The van der Waals surface area contributed by atoms with Crippen molar-refractivity contribution in [3.63, 3.8) is 0 Å². The Labute approximate surface area is 222 Å². The number of pyridine rings is 1. The quantitative estimate of drug-likeness (QED) is 0.195. The fraction of sp³-hybridized carbons (Fsp3) is 0.0370. The molecule has 2 aromatic heterocycles. The van der Waals surface area contributed by atoms with Crippen LogP contribution in [0, 0.1) is 0 Å². The number of aromatic nitrogens is 1. The van der Waals surface area contributed by atoms with E-state index in [0.29, 0.717) is 27.9 Å². The smallest absolute Gasteiger partial charge is 0.272 e. The minimum atomic E-state index is -0.518. The van der Waals surface area contributed by atoms with Gasteiger partial charge >= 0.3 is 0 Å². The Hall–Kier alpha value is -4.34. The van der Waals surface area contributed by atoms with Crippen molar-refractivity contribution in [2.24, 2.45) is 0 Å². The Morgan fingerprint density at radius 2 is 1.70 bits per heavy atom. The SMILES string of the molecule is O=C(CSc1ccc(NC(=O)/C(=C/c2ccco2)NC(=O)c2ccccc2)cc1)Nc1ccc(Cl)cn1. The van der Waals surface area contributed by atoms with Crippen molar-refractivity contribution in [1.29, 1.82) is 0 Å². The molecule has 3 N–H and O–H groups in total. The molecule has 8 nitrogen and oxygen atoms in total. The van der Waals surface area contributed by atoms with Crippen LogP contribution in [0.25, 0.3) is 6.08 Å². The second-order valence-corrected chi connectivity index (χ2v) is 9.06. The van der Waals surface area contributed by atoms with E-state index in [-0.39, 0.29) is 17.4 Å². The first-order chi connectivity index (χ1) is 18.0. The molecular formula is C27H21ClN4O4S. The lowest BCUT2D eigenvalue weighted by atomic mass is 10.2. The van der Waals surface area contributed by atoms with Gasteiger partial charge in [0.25, 0.3) is 11.8 Å². The third kappa shape index (κ3) is 7.83. The number of hydrogen-bond acceptors (Lipinski definition) is 6. The molecule has 0 aliphatic rings. The summed E-state index contributed by atoms with van der Waals surface area (Å²) in [6, 6.07) is 22.2. The van der Waals surface area contributed by atoms with Crippen molar-refractivity contribution in [2.45, 2.75) is 4.90 Å². The minimum Gasteiger partial charge on any atom is -0.465 e. The van der Waals surface area contributed by atoms with Gasteiger partial charge in [-0.3, -0.25) is 14.4 Å². The fourth-order valence-corrected chi connectivity index (χ4v) is 3.88. The number of benzene rings is 2. The zero-order valence-electron chi connectivity index (χ0n) is 19.3. The fourth-order valence-electron chi connectivity index (χ4n) is 3.07. The van der Waals surface area contributed by atoms with Gasteiger partial charge in [-0.1, -0.05) is 29.8 Å². The Bertz CT molecular complexity index is 1390. The number of carbonyl (C=O) groups is 3. The van der Waals surface area contributed by atoms with E-state index in [4.69, 9.17) is 16.0 Å². The Balaban J connectivity index is 1.36. The first-order valence-electron chi connectivity index (χ1n) is 11.0. The molecule has 0 bridgehead atoms. The molecular weight excluding hydrogens is 512 g/mol. The number of rotatable bonds is 9. The summed E-state index contributed by atoms with van der Waals surface area (Å²) in [5, 5.41) is 8.60. The molecule has 37 heavy (non-hydrogen) atoms. The molecule has 4 aromatic rings. The van der Waals surface area contributed by atoms with Crippen LogP contribution in [-0.4, -0.2) is 28.5 Å². The van der Waals surface area contributed by atoms with Crippen LogP contribution in [0.1, 0.15) is 16.1 Å². The molecule has 2 aromatic carbocycles. The van der Waals surface area contributed by atoms with Gasteiger partial charge in [0.1, 0.15) is 17.3 Å². The van der Waals surface area contributed by atoms with Crippen molar-refractivity contribution >= 4 is 58.7 Å². The summed E-state index contributed by atoms with van der Waals surface area (Å²) in [6.45, 7) is 0. The molecule has 186 valence electrons. The number of nitrogens with one attached hydrogen (secondary N) is 3. The van der Waals surface area contributed by atoms with Crippen LogP contribution in [0.2, 0.25) is 5.02 Å². The number of nitrogens with zero attached hydrogens (tertiary/aromatic N) is 1. The maximum Gasteiger partial charge on any atom is 0.272 e. The molecule has 4 rings (SSSR count). The molecule has 3 amide bonds. The summed E-state index contributed by atoms with van der Waals surface area (Å²) >= 11 is 7.13. The van der Waals surface area contributed by atoms with E-state index in [1.807, 2.05) is 0 Å². The standard InChI is InChI=1S/C27H21ClN4O4S/c28-19-8-13-24(29-16-19)32-25(33)17-37-22-11-9-20(10-12-22)30-27(35)23(15-21-7-4-14-36-21)31-26(34)18-5-2-1-3-6-18/h1-16H,17H2,(H,30,35)(H,31,34)(H,29,32,33)/b23-15-. The molecule has 2 heterocycles. The summed E-state index contributed by atoms with van der Waals surface area (Å²) in [5.41, 5.74) is 0.955. The second-order valence-electron chi connectivity index (χ2n) is 7.57. The van der Waals surface area contributed by atoms with Crippen LogP contribution in [0.3, 0.4) is 0 Å². The average Bonchev–Trinajstić information content (AvgIpc) is 3.43. The van der Waals surface area contributed by atoms with Crippen LogP contribution < -0.4 is 16.0 Å². The maximum atomic E-state index is 13.0. The molecule has 0 aliphatic carbocycles. The highest BCUT2D eigenvalue weighted by Gasteiger charge is 2.16. The number of carbonyl (C=O) groups excluding carboxylic acids is 3. The molecule has 10 heteroatoms. The molecule has 0 fully saturated rings. The monoisotopic (exact) mass is 532 g/mol. The summed E-state index contributed by atoms with van der Waals surface area (Å²) in [4.78, 5) is 42.7.